The summed E-state index contributed by atoms with van der Waals surface area (Å²) in [6, 6.07) is 5.65. The van der Waals surface area contributed by atoms with Crippen LogP contribution in [0.4, 0.5) is 5.69 Å². The number of anilines is 1. The summed E-state index contributed by atoms with van der Waals surface area (Å²) in [5, 5.41) is 0.899. The number of thiophene rings is 1. The fourth-order valence-corrected chi connectivity index (χ4v) is 3.30. The highest BCUT2D eigenvalue weighted by molar-refractivity contribution is 7.21. The van der Waals surface area contributed by atoms with Gasteiger partial charge in [-0.15, -0.1) is 11.3 Å². The molecule has 0 atom stereocenters. The molecule has 21 heavy (non-hydrogen) atoms. The van der Waals surface area contributed by atoms with Crippen molar-refractivity contribution in [1.29, 1.82) is 0 Å². The van der Waals surface area contributed by atoms with E-state index in [9.17, 15) is 4.79 Å². The number of amides is 1. The minimum atomic E-state index is -0.0434. The number of likely N-dealkylation sites (N-methyl/N-ethyl adjacent to an activating group) is 1. The van der Waals surface area contributed by atoms with Crippen molar-refractivity contribution >= 4 is 33.0 Å². The van der Waals surface area contributed by atoms with Crippen LogP contribution in [0, 0.1) is 0 Å². The predicted octanol–water partition coefficient (Wildman–Crippen LogP) is 3.53. The molecule has 0 aliphatic rings. The second kappa shape index (κ2) is 6.18. The molecular weight excluding hydrogens is 284 g/mol. The number of carbonyl (C=O) groups excluding carboxylic acids is 1. The highest BCUT2D eigenvalue weighted by Crippen LogP contribution is 2.36. The Bertz CT molecular complexity index is 691. The topological polar surface area (TPSA) is 55.6 Å². The summed E-state index contributed by atoms with van der Waals surface area (Å²) in [6.45, 7) is 8.91. The summed E-state index contributed by atoms with van der Waals surface area (Å²) in [5.74, 6) is 0.718. The van der Waals surface area contributed by atoms with Gasteiger partial charge in [0.05, 0.1) is 12.8 Å². The minimum absolute atomic E-state index is 0.0434. The normalized spacial score (nSPS) is 10.6. The Hall–Kier alpha value is -2.01. The lowest BCUT2D eigenvalue weighted by molar-refractivity contribution is 0.0784. The van der Waals surface area contributed by atoms with Crippen molar-refractivity contribution in [2.75, 3.05) is 25.9 Å². The Morgan fingerprint density at radius 1 is 1.48 bits per heavy atom. The molecule has 2 aromatic rings. The quantitative estimate of drug-likeness (QED) is 0.860. The molecule has 0 bridgehead atoms. The number of carbonyl (C=O) groups is 1. The van der Waals surface area contributed by atoms with Crippen LogP contribution in [0.5, 0.6) is 5.75 Å². The third-order valence-electron chi connectivity index (χ3n) is 3.26. The van der Waals surface area contributed by atoms with Gasteiger partial charge in [-0.2, -0.15) is 0 Å². The van der Waals surface area contributed by atoms with E-state index in [0.29, 0.717) is 23.7 Å². The molecule has 0 aliphatic heterocycles. The van der Waals surface area contributed by atoms with Gasteiger partial charge >= 0.3 is 0 Å². The van der Waals surface area contributed by atoms with E-state index in [-0.39, 0.29) is 5.91 Å². The lowest BCUT2D eigenvalue weighted by Gasteiger charge is -2.20. The molecule has 112 valence electrons. The van der Waals surface area contributed by atoms with Crippen LogP contribution in [0.25, 0.3) is 10.1 Å². The fourth-order valence-electron chi connectivity index (χ4n) is 2.18. The van der Waals surface area contributed by atoms with Gasteiger partial charge in [-0.1, -0.05) is 12.2 Å². The minimum Gasteiger partial charge on any atom is -0.497 e. The molecule has 0 saturated heterocycles. The van der Waals surface area contributed by atoms with E-state index in [2.05, 4.69) is 6.58 Å². The Balaban J connectivity index is 2.43. The third-order valence-corrected chi connectivity index (χ3v) is 4.42. The average molecular weight is 304 g/mol. The maximum atomic E-state index is 12.6. The van der Waals surface area contributed by atoms with Crippen molar-refractivity contribution in [3.63, 3.8) is 0 Å². The second-order valence-electron chi connectivity index (χ2n) is 4.98. The maximum absolute atomic E-state index is 12.6. The number of nitrogen functional groups attached to an aromatic ring is 1. The summed E-state index contributed by atoms with van der Waals surface area (Å²) in [5.41, 5.74) is 7.65. The van der Waals surface area contributed by atoms with E-state index in [1.807, 2.05) is 32.0 Å². The number of nitrogens with zero attached hydrogens (tertiary/aromatic N) is 1. The lowest BCUT2D eigenvalue weighted by Crippen LogP contribution is -2.32. The summed E-state index contributed by atoms with van der Waals surface area (Å²) in [7, 11) is 1.62. The van der Waals surface area contributed by atoms with Gasteiger partial charge in [0, 0.05) is 23.2 Å². The molecule has 0 aliphatic carbocycles. The van der Waals surface area contributed by atoms with Gasteiger partial charge in [0.2, 0.25) is 0 Å². The summed E-state index contributed by atoms with van der Waals surface area (Å²) < 4.78 is 6.17. The summed E-state index contributed by atoms with van der Waals surface area (Å²) in [6.07, 6.45) is 0. The first-order chi connectivity index (χ1) is 9.97. The summed E-state index contributed by atoms with van der Waals surface area (Å²) in [4.78, 5) is 15.0. The van der Waals surface area contributed by atoms with Crippen LogP contribution < -0.4 is 10.5 Å². The lowest BCUT2D eigenvalue weighted by atomic mass is 10.2. The number of hydrogen-bond acceptors (Lipinski definition) is 4. The van der Waals surface area contributed by atoms with Gasteiger partial charge < -0.3 is 15.4 Å². The van der Waals surface area contributed by atoms with E-state index < -0.39 is 0 Å². The van der Waals surface area contributed by atoms with Gasteiger partial charge in [0.25, 0.3) is 5.91 Å². The van der Waals surface area contributed by atoms with Crippen molar-refractivity contribution in [3.8, 4) is 5.75 Å². The Labute approximate surface area is 128 Å². The van der Waals surface area contributed by atoms with Gasteiger partial charge in [0.1, 0.15) is 10.6 Å². The zero-order valence-corrected chi connectivity index (χ0v) is 13.4. The zero-order chi connectivity index (χ0) is 15.6. The highest BCUT2D eigenvalue weighted by Gasteiger charge is 2.21. The number of hydrogen-bond donors (Lipinski definition) is 1. The Kier molecular flexibility index (Phi) is 4.53. The molecular formula is C16H20N2O2S. The van der Waals surface area contributed by atoms with Crippen molar-refractivity contribution in [2.45, 2.75) is 13.8 Å². The molecule has 2 N–H and O–H groups in total. The van der Waals surface area contributed by atoms with E-state index in [4.69, 9.17) is 10.5 Å². The molecule has 0 fully saturated rings. The van der Waals surface area contributed by atoms with Crippen LogP contribution in [0.3, 0.4) is 0 Å². The van der Waals surface area contributed by atoms with Crippen LogP contribution >= 0.6 is 11.3 Å². The molecule has 4 nitrogen and oxygen atoms in total. The van der Waals surface area contributed by atoms with Crippen LogP contribution in [-0.4, -0.2) is 31.0 Å². The number of rotatable bonds is 5. The highest BCUT2D eigenvalue weighted by atomic mass is 32.1. The number of fused-ring (bicyclic) bond motifs is 1. The number of benzene rings is 1. The first-order valence-corrected chi connectivity index (χ1v) is 7.59. The Morgan fingerprint density at radius 3 is 2.76 bits per heavy atom. The van der Waals surface area contributed by atoms with Crippen LogP contribution in [0.1, 0.15) is 23.5 Å². The standard InChI is InChI=1S/C16H20N2O2S/c1-5-18(9-10(2)3)16(19)15-14(17)12-7-6-11(20-4)8-13(12)21-15/h6-8H,2,5,9,17H2,1,3-4H3. The molecule has 1 aromatic heterocycles. The van der Waals surface area contributed by atoms with E-state index in [1.165, 1.54) is 11.3 Å². The van der Waals surface area contributed by atoms with Crippen molar-refractivity contribution in [2.24, 2.45) is 0 Å². The molecule has 1 aromatic carbocycles. The van der Waals surface area contributed by atoms with Gasteiger partial charge in [-0.05, 0) is 32.0 Å². The number of nitrogens with two attached hydrogens (primary N) is 1. The monoisotopic (exact) mass is 304 g/mol. The van der Waals surface area contributed by atoms with E-state index in [0.717, 1.165) is 21.4 Å². The first kappa shape index (κ1) is 15.4. The van der Waals surface area contributed by atoms with Crippen LogP contribution in [0.15, 0.2) is 30.4 Å². The van der Waals surface area contributed by atoms with Crippen molar-refractivity contribution < 1.29 is 9.53 Å². The molecule has 1 heterocycles. The number of methoxy groups -OCH3 is 1. The van der Waals surface area contributed by atoms with E-state index in [1.54, 1.807) is 12.0 Å². The molecule has 1 amide bonds. The smallest absolute Gasteiger partial charge is 0.266 e. The van der Waals surface area contributed by atoms with Gasteiger partial charge in [-0.25, -0.2) is 0 Å². The zero-order valence-electron chi connectivity index (χ0n) is 12.6. The predicted molar refractivity (Wildman–Crippen MR) is 89.2 cm³/mol. The van der Waals surface area contributed by atoms with Crippen molar-refractivity contribution in [1.82, 2.24) is 4.90 Å². The summed E-state index contributed by atoms with van der Waals surface area (Å²) >= 11 is 1.41. The molecule has 0 spiro atoms. The molecule has 0 saturated carbocycles. The largest absolute Gasteiger partial charge is 0.497 e. The first-order valence-electron chi connectivity index (χ1n) is 6.77. The Morgan fingerprint density at radius 2 is 2.19 bits per heavy atom. The van der Waals surface area contributed by atoms with Gasteiger partial charge in [0.15, 0.2) is 0 Å². The molecule has 2 rings (SSSR count). The maximum Gasteiger partial charge on any atom is 0.266 e. The van der Waals surface area contributed by atoms with Crippen molar-refractivity contribution in [3.05, 3.63) is 35.2 Å². The van der Waals surface area contributed by atoms with Gasteiger partial charge in [-0.3, -0.25) is 4.79 Å². The third kappa shape index (κ3) is 3.03. The van der Waals surface area contributed by atoms with Crippen LogP contribution in [0.2, 0.25) is 0 Å². The molecule has 0 radical (unpaired) electrons. The van der Waals surface area contributed by atoms with E-state index >= 15 is 0 Å². The second-order valence-corrected chi connectivity index (χ2v) is 6.04. The van der Waals surface area contributed by atoms with Crippen LogP contribution in [-0.2, 0) is 0 Å². The molecule has 5 heteroatoms. The average Bonchev–Trinajstić information content (AvgIpc) is 2.80. The number of ether oxygens (including phenoxy) is 1. The SMILES string of the molecule is C=C(C)CN(CC)C(=O)c1sc2cc(OC)ccc2c1N. The fraction of sp³-hybridized carbons (Fsp3) is 0.312. The molecule has 0 unspecified atom stereocenters.